The summed E-state index contributed by atoms with van der Waals surface area (Å²) in [5, 5.41) is 0. The van der Waals surface area contributed by atoms with Crippen molar-refractivity contribution in [2.75, 3.05) is 26.3 Å². The average Bonchev–Trinajstić information content (AvgIpc) is 3.11. The van der Waals surface area contributed by atoms with Crippen LogP contribution in [0, 0.1) is 0 Å². The molecular weight excluding hydrogens is 352 g/mol. The van der Waals surface area contributed by atoms with E-state index >= 15 is 0 Å². The van der Waals surface area contributed by atoms with E-state index in [0.29, 0.717) is 43.4 Å². The van der Waals surface area contributed by atoms with Gasteiger partial charge in [0.25, 0.3) is 5.91 Å². The molecular formula is C23H30N2O3. The van der Waals surface area contributed by atoms with Crippen LogP contribution in [0.5, 0.6) is 11.5 Å². The normalized spacial score (nSPS) is 18.9. The molecule has 0 aromatic heterocycles. The molecule has 1 heterocycles. The zero-order chi connectivity index (χ0) is 19.9. The molecule has 5 heteroatoms. The van der Waals surface area contributed by atoms with E-state index in [9.17, 15) is 4.79 Å². The molecule has 1 aliphatic rings. The van der Waals surface area contributed by atoms with Gasteiger partial charge in [0.05, 0.1) is 13.2 Å². The summed E-state index contributed by atoms with van der Waals surface area (Å²) in [6, 6.07) is 15.5. The van der Waals surface area contributed by atoms with Crippen LogP contribution in [0.3, 0.4) is 0 Å². The standard InChI is InChI=1S/C23H30N2O3/c1-3-5-13-28-21-12-11-18(14-22(21)27-4-2)23(26)25-15-19(20(24)16-25)17-9-7-6-8-10-17/h6-12,14,19-20H,3-5,13,15-16,24H2,1-2H3/t19-,20+/m0/s1. The smallest absolute Gasteiger partial charge is 0.254 e. The Balaban J connectivity index is 1.74. The van der Waals surface area contributed by atoms with Crippen LogP contribution in [-0.2, 0) is 0 Å². The summed E-state index contributed by atoms with van der Waals surface area (Å²) in [6.45, 7) is 6.39. The molecule has 2 atom stereocenters. The third-order valence-corrected chi connectivity index (χ3v) is 5.13. The summed E-state index contributed by atoms with van der Waals surface area (Å²) < 4.78 is 11.5. The zero-order valence-electron chi connectivity index (χ0n) is 16.8. The lowest BCUT2D eigenvalue weighted by atomic mass is 9.95. The van der Waals surface area contributed by atoms with Gasteiger partial charge in [0, 0.05) is 30.6 Å². The van der Waals surface area contributed by atoms with Gasteiger partial charge in [-0.25, -0.2) is 0 Å². The van der Waals surface area contributed by atoms with Gasteiger partial charge in [0.15, 0.2) is 11.5 Å². The van der Waals surface area contributed by atoms with E-state index in [0.717, 1.165) is 12.8 Å². The fraction of sp³-hybridized carbons (Fsp3) is 0.435. The van der Waals surface area contributed by atoms with E-state index < -0.39 is 0 Å². The van der Waals surface area contributed by atoms with Gasteiger partial charge >= 0.3 is 0 Å². The Morgan fingerprint density at radius 2 is 1.86 bits per heavy atom. The molecule has 0 radical (unpaired) electrons. The van der Waals surface area contributed by atoms with Gasteiger partial charge in [-0.1, -0.05) is 43.7 Å². The predicted octanol–water partition coefficient (Wildman–Crippen LogP) is 3.83. The average molecular weight is 383 g/mol. The Morgan fingerprint density at radius 1 is 1.07 bits per heavy atom. The van der Waals surface area contributed by atoms with Crippen LogP contribution in [0.15, 0.2) is 48.5 Å². The first kappa shape index (κ1) is 20.2. The number of carbonyl (C=O) groups excluding carboxylic acids is 1. The molecule has 28 heavy (non-hydrogen) atoms. The number of ether oxygens (including phenoxy) is 2. The first-order valence-electron chi connectivity index (χ1n) is 10.1. The van der Waals surface area contributed by atoms with Crippen LogP contribution < -0.4 is 15.2 Å². The van der Waals surface area contributed by atoms with Crippen LogP contribution in [-0.4, -0.2) is 43.2 Å². The summed E-state index contributed by atoms with van der Waals surface area (Å²) in [5.41, 5.74) is 8.13. The van der Waals surface area contributed by atoms with Crippen LogP contribution in [0.25, 0.3) is 0 Å². The molecule has 1 saturated heterocycles. The second kappa shape index (κ2) is 9.60. The van der Waals surface area contributed by atoms with E-state index in [-0.39, 0.29) is 17.9 Å². The fourth-order valence-corrected chi connectivity index (χ4v) is 3.59. The molecule has 2 N–H and O–H groups in total. The van der Waals surface area contributed by atoms with Gasteiger partial charge in [-0.15, -0.1) is 0 Å². The monoisotopic (exact) mass is 382 g/mol. The highest BCUT2D eigenvalue weighted by Gasteiger charge is 2.34. The summed E-state index contributed by atoms with van der Waals surface area (Å²) in [4.78, 5) is 14.9. The number of amides is 1. The van der Waals surface area contributed by atoms with Crippen LogP contribution in [0.1, 0.15) is 48.5 Å². The lowest BCUT2D eigenvalue weighted by molar-refractivity contribution is 0.0788. The number of hydrogen-bond donors (Lipinski definition) is 1. The first-order chi connectivity index (χ1) is 13.6. The highest BCUT2D eigenvalue weighted by atomic mass is 16.5. The highest BCUT2D eigenvalue weighted by molar-refractivity contribution is 5.95. The number of carbonyl (C=O) groups is 1. The predicted molar refractivity (Wildman–Crippen MR) is 111 cm³/mol. The molecule has 1 amide bonds. The SMILES string of the molecule is CCCCOc1ccc(C(=O)N2C[C@@H](N)[C@H](c3ccccc3)C2)cc1OCC. The maximum Gasteiger partial charge on any atom is 0.254 e. The molecule has 1 aliphatic heterocycles. The van der Waals surface area contributed by atoms with E-state index in [1.165, 1.54) is 5.56 Å². The third-order valence-electron chi connectivity index (χ3n) is 5.13. The minimum Gasteiger partial charge on any atom is -0.490 e. The second-order valence-corrected chi connectivity index (χ2v) is 7.19. The van der Waals surface area contributed by atoms with Crippen molar-refractivity contribution in [2.45, 2.75) is 38.6 Å². The quantitative estimate of drug-likeness (QED) is 0.705. The second-order valence-electron chi connectivity index (χ2n) is 7.19. The molecule has 2 aromatic carbocycles. The van der Waals surface area contributed by atoms with E-state index in [1.807, 2.05) is 42.2 Å². The molecule has 2 aromatic rings. The molecule has 0 saturated carbocycles. The fourth-order valence-electron chi connectivity index (χ4n) is 3.59. The van der Waals surface area contributed by atoms with Gasteiger partial charge in [0.1, 0.15) is 0 Å². The van der Waals surface area contributed by atoms with Crippen molar-refractivity contribution in [3.05, 3.63) is 59.7 Å². The zero-order valence-corrected chi connectivity index (χ0v) is 16.8. The van der Waals surface area contributed by atoms with Crippen molar-refractivity contribution >= 4 is 5.91 Å². The minimum absolute atomic E-state index is 0.0186. The Labute approximate surface area is 167 Å². The maximum absolute atomic E-state index is 13.1. The Bertz CT molecular complexity index is 779. The van der Waals surface area contributed by atoms with Crippen molar-refractivity contribution in [1.82, 2.24) is 4.90 Å². The number of nitrogens with zero attached hydrogens (tertiary/aromatic N) is 1. The van der Waals surface area contributed by atoms with Crippen LogP contribution in [0.2, 0.25) is 0 Å². The summed E-state index contributed by atoms with van der Waals surface area (Å²) >= 11 is 0. The summed E-state index contributed by atoms with van der Waals surface area (Å²) in [7, 11) is 0. The van der Waals surface area contributed by atoms with Crippen molar-refractivity contribution in [2.24, 2.45) is 5.73 Å². The topological polar surface area (TPSA) is 64.8 Å². The lowest BCUT2D eigenvalue weighted by Crippen LogP contribution is -2.32. The minimum atomic E-state index is -0.0608. The molecule has 5 nitrogen and oxygen atoms in total. The van der Waals surface area contributed by atoms with Crippen molar-refractivity contribution in [3.8, 4) is 11.5 Å². The summed E-state index contributed by atoms with van der Waals surface area (Å²) in [6.07, 6.45) is 2.05. The van der Waals surface area contributed by atoms with Crippen LogP contribution in [0.4, 0.5) is 0 Å². The molecule has 0 spiro atoms. The number of nitrogens with two attached hydrogens (primary N) is 1. The molecule has 150 valence electrons. The van der Waals surface area contributed by atoms with Crippen LogP contribution >= 0.6 is 0 Å². The van der Waals surface area contributed by atoms with E-state index in [1.54, 1.807) is 6.07 Å². The molecule has 3 rings (SSSR count). The van der Waals surface area contributed by atoms with Gasteiger partial charge in [-0.3, -0.25) is 4.79 Å². The highest BCUT2D eigenvalue weighted by Crippen LogP contribution is 2.31. The number of hydrogen-bond acceptors (Lipinski definition) is 4. The van der Waals surface area contributed by atoms with Crippen molar-refractivity contribution in [3.63, 3.8) is 0 Å². The number of rotatable bonds is 8. The maximum atomic E-state index is 13.1. The molecule has 0 aliphatic carbocycles. The Morgan fingerprint density at radius 3 is 2.57 bits per heavy atom. The number of likely N-dealkylation sites (tertiary alicyclic amines) is 1. The number of benzene rings is 2. The van der Waals surface area contributed by atoms with Gasteiger partial charge in [0.2, 0.25) is 0 Å². The molecule has 0 unspecified atom stereocenters. The Hall–Kier alpha value is -2.53. The van der Waals surface area contributed by atoms with Gasteiger partial charge in [-0.2, -0.15) is 0 Å². The summed E-state index contributed by atoms with van der Waals surface area (Å²) in [5.74, 6) is 1.45. The van der Waals surface area contributed by atoms with Crippen molar-refractivity contribution < 1.29 is 14.3 Å². The van der Waals surface area contributed by atoms with Gasteiger partial charge in [-0.05, 0) is 37.1 Å². The Kier molecular flexibility index (Phi) is 6.93. The van der Waals surface area contributed by atoms with E-state index in [2.05, 4.69) is 19.1 Å². The van der Waals surface area contributed by atoms with E-state index in [4.69, 9.17) is 15.2 Å². The van der Waals surface area contributed by atoms with Gasteiger partial charge < -0.3 is 20.1 Å². The van der Waals surface area contributed by atoms with Crippen molar-refractivity contribution in [1.29, 1.82) is 0 Å². The molecule has 0 bridgehead atoms. The first-order valence-corrected chi connectivity index (χ1v) is 10.1. The number of unbranched alkanes of at least 4 members (excludes halogenated alkanes) is 1. The lowest BCUT2D eigenvalue weighted by Gasteiger charge is -2.18. The third kappa shape index (κ3) is 4.65. The largest absolute Gasteiger partial charge is 0.490 e. The molecule has 1 fully saturated rings.